The van der Waals surface area contributed by atoms with Crippen LogP contribution < -0.4 is 4.74 Å². The van der Waals surface area contributed by atoms with E-state index in [0.29, 0.717) is 17.4 Å². The summed E-state index contributed by atoms with van der Waals surface area (Å²) in [6, 6.07) is 3.68. The first-order valence-corrected chi connectivity index (χ1v) is 5.94. The van der Waals surface area contributed by atoms with Gasteiger partial charge in [0.1, 0.15) is 5.75 Å². The van der Waals surface area contributed by atoms with Crippen molar-refractivity contribution in [3.63, 3.8) is 0 Å². The molecular weight excluding hydrogens is 224 g/mol. The number of aliphatic hydroxyl groups excluding tert-OH is 1. The molecule has 0 bridgehead atoms. The highest BCUT2D eigenvalue weighted by atomic mass is 35.5. The second kappa shape index (κ2) is 5.55. The molecule has 1 aromatic carbocycles. The summed E-state index contributed by atoms with van der Waals surface area (Å²) in [5.74, 6) is 1.07. The summed E-state index contributed by atoms with van der Waals surface area (Å²) >= 11 is 6.06. The van der Waals surface area contributed by atoms with E-state index in [4.69, 9.17) is 16.3 Å². The number of rotatable bonds is 4. The van der Waals surface area contributed by atoms with E-state index in [0.717, 1.165) is 16.9 Å². The van der Waals surface area contributed by atoms with Crippen LogP contribution in [0.4, 0.5) is 0 Å². The molecule has 0 aliphatic rings. The van der Waals surface area contributed by atoms with Crippen molar-refractivity contribution in [3.8, 4) is 5.75 Å². The second-order valence-corrected chi connectivity index (χ2v) is 4.63. The van der Waals surface area contributed by atoms with Crippen LogP contribution in [-0.2, 0) is 0 Å². The van der Waals surface area contributed by atoms with Gasteiger partial charge in [0.05, 0.1) is 13.2 Å². The van der Waals surface area contributed by atoms with Crippen LogP contribution in [0.2, 0.25) is 5.02 Å². The first-order valence-electron chi connectivity index (χ1n) is 5.56. The molecule has 3 heteroatoms. The summed E-state index contributed by atoms with van der Waals surface area (Å²) < 4.78 is 5.40. The third-order valence-electron chi connectivity index (χ3n) is 2.68. The molecule has 1 aromatic rings. The molecule has 0 fully saturated rings. The highest BCUT2D eigenvalue weighted by Gasteiger charge is 2.18. The van der Waals surface area contributed by atoms with Gasteiger partial charge in [0.15, 0.2) is 0 Å². The molecule has 0 radical (unpaired) electrons. The van der Waals surface area contributed by atoms with Crippen molar-refractivity contribution >= 4 is 11.6 Å². The Kier molecular flexibility index (Phi) is 4.63. The summed E-state index contributed by atoms with van der Waals surface area (Å²) in [7, 11) is 1.63. The van der Waals surface area contributed by atoms with E-state index in [1.165, 1.54) is 0 Å². The summed E-state index contributed by atoms with van der Waals surface area (Å²) in [6.45, 7) is 6.09. The van der Waals surface area contributed by atoms with Crippen LogP contribution in [-0.4, -0.2) is 12.2 Å². The van der Waals surface area contributed by atoms with Crippen LogP contribution in [0.25, 0.3) is 0 Å². The second-order valence-electron chi connectivity index (χ2n) is 4.20. The number of methoxy groups -OCH3 is 1. The van der Waals surface area contributed by atoms with Crippen molar-refractivity contribution in [1.29, 1.82) is 0 Å². The normalized spacial score (nSPS) is 12.9. The van der Waals surface area contributed by atoms with Crippen LogP contribution in [0.3, 0.4) is 0 Å². The van der Waals surface area contributed by atoms with Crippen LogP contribution in [0, 0.1) is 0 Å². The van der Waals surface area contributed by atoms with E-state index in [2.05, 4.69) is 13.8 Å². The summed E-state index contributed by atoms with van der Waals surface area (Å²) in [5, 5.41) is 10.6. The Labute approximate surface area is 102 Å². The predicted molar refractivity (Wildman–Crippen MR) is 67.3 cm³/mol. The van der Waals surface area contributed by atoms with E-state index in [-0.39, 0.29) is 0 Å². The first kappa shape index (κ1) is 13.3. The van der Waals surface area contributed by atoms with Gasteiger partial charge in [-0.15, -0.1) is 0 Å². The predicted octanol–water partition coefficient (Wildman–Crippen LogP) is 3.92. The standard InChI is InChI=1S/C13H19ClO2/c1-5-12(15)11-7-9(14)6-10(8(2)3)13(11)16-4/h6-8,12,15H,5H2,1-4H3. The molecule has 1 atom stereocenters. The Hall–Kier alpha value is -0.730. The van der Waals surface area contributed by atoms with Gasteiger partial charge < -0.3 is 9.84 Å². The lowest BCUT2D eigenvalue weighted by atomic mass is 9.96. The first-order chi connectivity index (χ1) is 7.51. The lowest BCUT2D eigenvalue weighted by molar-refractivity contribution is 0.169. The molecule has 16 heavy (non-hydrogen) atoms. The third-order valence-corrected chi connectivity index (χ3v) is 2.90. The Bertz CT molecular complexity index is 361. The molecule has 0 heterocycles. The Morgan fingerprint density at radius 1 is 1.31 bits per heavy atom. The van der Waals surface area contributed by atoms with Gasteiger partial charge in [-0.05, 0) is 30.0 Å². The van der Waals surface area contributed by atoms with Gasteiger partial charge in [0.2, 0.25) is 0 Å². The minimum atomic E-state index is -0.522. The van der Waals surface area contributed by atoms with Crippen molar-refractivity contribution in [2.45, 2.75) is 39.2 Å². The number of ether oxygens (including phenoxy) is 1. The molecule has 0 aromatic heterocycles. The van der Waals surface area contributed by atoms with Crippen molar-refractivity contribution in [3.05, 3.63) is 28.3 Å². The fraction of sp³-hybridized carbons (Fsp3) is 0.538. The van der Waals surface area contributed by atoms with Gasteiger partial charge in [-0.3, -0.25) is 0 Å². The average Bonchev–Trinajstić information content (AvgIpc) is 2.26. The van der Waals surface area contributed by atoms with E-state index >= 15 is 0 Å². The molecule has 0 spiro atoms. The van der Waals surface area contributed by atoms with Gasteiger partial charge in [-0.2, -0.15) is 0 Å². The minimum Gasteiger partial charge on any atom is -0.496 e. The Morgan fingerprint density at radius 3 is 2.31 bits per heavy atom. The van der Waals surface area contributed by atoms with Gasteiger partial charge in [0.25, 0.3) is 0 Å². The maximum Gasteiger partial charge on any atom is 0.128 e. The van der Waals surface area contributed by atoms with Crippen molar-refractivity contribution in [2.75, 3.05) is 7.11 Å². The van der Waals surface area contributed by atoms with Crippen molar-refractivity contribution in [1.82, 2.24) is 0 Å². The Morgan fingerprint density at radius 2 is 1.88 bits per heavy atom. The molecule has 0 amide bonds. The highest BCUT2D eigenvalue weighted by molar-refractivity contribution is 6.30. The van der Waals surface area contributed by atoms with Crippen LogP contribution in [0.5, 0.6) is 5.75 Å². The molecule has 1 N–H and O–H groups in total. The van der Waals surface area contributed by atoms with Crippen LogP contribution in [0.1, 0.15) is 50.3 Å². The summed E-state index contributed by atoms with van der Waals surface area (Å²) in [6.07, 6.45) is 0.125. The number of hydrogen-bond donors (Lipinski definition) is 1. The molecule has 1 unspecified atom stereocenters. The smallest absolute Gasteiger partial charge is 0.128 e. The summed E-state index contributed by atoms with van der Waals surface area (Å²) in [4.78, 5) is 0. The van der Waals surface area contributed by atoms with E-state index in [9.17, 15) is 5.11 Å². The van der Waals surface area contributed by atoms with Crippen molar-refractivity contribution in [2.24, 2.45) is 0 Å². The zero-order valence-corrected chi connectivity index (χ0v) is 11.0. The van der Waals surface area contributed by atoms with E-state index in [1.54, 1.807) is 13.2 Å². The molecule has 90 valence electrons. The number of aliphatic hydroxyl groups is 1. The SMILES string of the molecule is CCC(O)c1cc(Cl)cc(C(C)C)c1OC. The van der Waals surface area contributed by atoms with Gasteiger partial charge in [-0.25, -0.2) is 0 Å². The zero-order chi connectivity index (χ0) is 12.3. The highest BCUT2D eigenvalue weighted by Crippen LogP contribution is 2.37. The summed E-state index contributed by atoms with van der Waals surface area (Å²) in [5.41, 5.74) is 1.82. The molecular formula is C13H19ClO2. The molecule has 0 saturated heterocycles. The topological polar surface area (TPSA) is 29.5 Å². The lowest BCUT2D eigenvalue weighted by Gasteiger charge is -2.19. The third kappa shape index (κ3) is 2.69. The molecule has 2 nitrogen and oxygen atoms in total. The van der Waals surface area contributed by atoms with E-state index < -0.39 is 6.10 Å². The molecule has 0 aliphatic heterocycles. The van der Waals surface area contributed by atoms with Crippen LogP contribution in [0.15, 0.2) is 12.1 Å². The molecule has 0 aliphatic carbocycles. The fourth-order valence-electron chi connectivity index (χ4n) is 1.77. The number of hydrogen-bond acceptors (Lipinski definition) is 2. The van der Waals surface area contributed by atoms with Gasteiger partial charge in [0, 0.05) is 10.6 Å². The Balaban J connectivity index is 3.35. The van der Waals surface area contributed by atoms with Crippen LogP contribution >= 0.6 is 11.6 Å². The number of halogens is 1. The maximum absolute atomic E-state index is 9.93. The fourth-order valence-corrected chi connectivity index (χ4v) is 2.00. The molecule has 1 rings (SSSR count). The zero-order valence-electron chi connectivity index (χ0n) is 10.2. The maximum atomic E-state index is 9.93. The van der Waals surface area contributed by atoms with E-state index in [1.807, 2.05) is 13.0 Å². The minimum absolute atomic E-state index is 0.316. The largest absolute Gasteiger partial charge is 0.496 e. The monoisotopic (exact) mass is 242 g/mol. The van der Waals surface area contributed by atoms with Crippen molar-refractivity contribution < 1.29 is 9.84 Å². The van der Waals surface area contributed by atoms with Gasteiger partial charge >= 0.3 is 0 Å². The molecule has 0 saturated carbocycles. The quantitative estimate of drug-likeness (QED) is 0.867. The lowest BCUT2D eigenvalue weighted by Crippen LogP contribution is -2.03. The number of benzene rings is 1. The average molecular weight is 243 g/mol. The van der Waals surface area contributed by atoms with Gasteiger partial charge in [-0.1, -0.05) is 32.4 Å².